The monoisotopic (exact) mass is 413 g/mol. The van der Waals surface area contributed by atoms with E-state index in [1.54, 1.807) is 0 Å². The highest BCUT2D eigenvalue weighted by atomic mass is 32.1. The van der Waals surface area contributed by atoms with Crippen molar-refractivity contribution >= 4 is 33.3 Å². The maximum absolute atomic E-state index is 3.45. The second-order valence-corrected chi connectivity index (χ2v) is 10.1. The van der Waals surface area contributed by atoms with Crippen molar-refractivity contribution in [2.75, 3.05) is 19.0 Å². The number of nitrogens with zero attached hydrogens (tertiary/aromatic N) is 2. The second kappa shape index (κ2) is 8.13. The number of thiazole rings is 1. The van der Waals surface area contributed by atoms with E-state index < -0.39 is 0 Å². The number of hydrogen-bond acceptors (Lipinski definition) is 2. The molecule has 0 atom stereocenters. The molecule has 2 nitrogen and oxygen atoms in total. The minimum absolute atomic E-state index is 0.217. The maximum Gasteiger partial charge on any atom is 0.262 e. The highest BCUT2D eigenvalue weighted by Gasteiger charge is 2.26. The van der Waals surface area contributed by atoms with E-state index in [1.807, 2.05) is 11.3 Å². The minimum atomic E-state index is 0.217. The zero-order valence-corrected chi connectivity index (χ0v) is 19.3. The number of para-hydroxylation sites is 1. The maximum atomic E-state index is 3.45. The summed E-state index contributed by atoms with van der Waals surface area (Å²) >= 11 is 1.85. The Hall–Kier alpha value is -2.83. The predicted octanol–water partition coefficient (Wildman–Crippen LogP) is 5.97. The van der Waals surface area contributed by atoms with E-state index in [0.29, 0.717) is 0 Å². The number of aromatic nitrogens is 1. The largest absolute Gasteiger partial charge is 0.378 e. The topological polar surface area (TPSA) is 7.12 Å². The third kappa shape index (κ3) is 4.50. The highest BCUT2D eigenvalue weighted by Crippen LogP contribution is 2.38. The minimum Gasteiger partial charge on any atom is -0.378 e. The van der Waals surface area contributed by atoms with E-state index in [1.165, 1.54) is 32.1 Å². The van der Waals surface area contributed by atoms with Gasteiger partial charge in [0.05, 0.1) is 0 Å². The molecule has 0 saturated carbocycles. The number of allylic oxidation sites excluding steroid dienone is 3. The van der Waals surface area contributed by atoms with Crippen LogP contribution in [0.1, 0.15) is 37.3 Å². The third-order valence-corrected chi connectivity index (χ3v) is 6.71. The van der Waals surface area contributed by atoms with Gasteiger partial charge in [-0.15, -0.1) is 0 Å². The van der Waals surface area contributed by atoms with Gasteiger partial charge in [0.25, 0.3) is 5.01 Å². The number of rotatable bonds is 2. The molecule has 1 aliphatic carbocycles. The van der Waals surface area contributed by atoms with Crippen molar-refractivity contribution in [1.29, 1.82) is 0 Å². The smallest absolute Gasteiger partial charge is 0.262 e. The Bertz CT molecular complexity index is 1200. The zero-order valence-electron chi connectivity index (χ0n) is 18.5. The lowest BCUT2D eigenvalue weighted by atomic mass is 9.75. The van der Waals surface area contributed by atoms with Crippen LogP contribution >= 0.6 is 11.3 Å². The van der Waals surface area contributed by atoms with Crippen molar-refractivity contribution in [2.45, 2.75) is 26.7 Å². The van der Waals surface area contributed by atoms with Crippen LogP contribution in [-0.2, 0) is 7.05 Å². The van der Waals surface area contributed by atoms with Gasteiger partial charge in [-0.2, -0.15) is 4.57 Å². The molecule has 0 amide bonds. The van der Waals surface area contributed by atoms with Crippen LogP contribution in [0.2, 0.25) is 0 Å². The van der Waals surface area contributed by atoms with Crippen molar-refractivity contribution in [3.63, 3.8) is 0 Å². The summed E-state index contributed by atoms with van der Waals surface area (Å²) in [5, 5.41) is 1.28. The number of anilines is 1. The van der Waals surface area contributed by atoms with Crippen LogP contribution in [0, 0.1) is 17.3 Å². The van der Waals surface area contributed by atoms with Gasteiger partial charge in [0.1, 0.15) is 11.7 Å². The van der Waals surface area contributed by atoms with Gasteiger partial charge in [-0.05, 0) is 60.2 Å². The Balaban J connectivity index is 1.65. The standard InChI is InChI=1S/C27H29N2S/c1-27(2)18-21(11-10-20-12-14-23(15-13-20)28(3)4)16-22(19-27)17-26-29(5)24-8-6-7-9-25(24)30-26/h6-9,12-17H,18-19H2,1-5H3/q+1. The number of aryl methyl sites for hydroxylation is 1. The molecule has 3 aromatic rings. The van der Waals surface area contributed by atoms with E-state index in [-0.39, 0.29) is 5.41 Å². The highest BCUT2D eigenvalue weighted by molar-refractivity contribution is 7.18. The van der Waals surface area contributed by atoms with Crippen molar-refractivity contribution in [2.24, 2.45) is 12.5 Å². The molecule has 1 aliphatic rings. The molecule has 1 aromatic heterocycles. The van der Waals surface area contributed by atoms with E-state index >= 15 is 0 Å². The summed E-state index contributed by atoms with van der Waals surface area (Å²) in [5.74, 6) is 6.82. The molecular weight excluding hydrogens is 384 g/mol. The van der Waals surface area contributed by atoms with E-state index in [9.17, 15) is 0 Å². The Morgan fingerprint density at radius 1 is 1.00 bits per heavy atom. The molecule has 2 aromatic carbocycles. The van der Waals surface area contributed by atoms with Crippen LogP contribution in [0.4, 0.5) is 5.69 Å². The summed E-state index contributed by atoms with van der Waals surface area (Å²) in [7, 11) is 6.27. The second-order valence-electron chi connectivity index (χ2n) is 9.06. The average Bonchev–Trinajstić information content (AvgIpc) is 3.01. The molecule has 0 bridgehead atoms. The van der Waals surface area contributed by atoms with E-state index in [4.69, 9.17) is 0 Å². The van der Waals surface area contributed by atoms with Gasteiger partial charge in [-0.25, -0.2) is 0 Å². The molecule has 4 rings (SSSR count). The van der Waals surface area contributed by atoms with Crippen molar-refractivity contribution in [1.82, 2.24) is 0 Å². The summed E-state index contributed by atoms with van der Waals surface area (Å²) in [6, 6.07) is 17.0. The van der Waals surface area contributed by atoms with Gasteiger partial charge in [0.15, 0.2) is 0 Å². The van der Waals surface area contributed by atoms with Gasteiger partial charge < -0.3 is 4.90 Å². The molecule has 0 unspecified atom stereocenters. The summed E-state index contributed by atoms with van der Waals surface area (Å²) in [4.78, 5) is 2.11. The van der Waals surface area contributed by atoms with Crippen molar-refractivity contribution in [3.05, 3.63) is 76.3 Å². The Kier molecular flexibility index (Phi) is 5.54. The van der Waals surface area contributed by atoms with Crippen molar-refractivity contribution < 1.29 is 4.57 Å². The first-order chi connectivity index (χ1) is 14.3. The molecule has 0 saturated heterocycles. The Morgan fingerprint density at radius 2 is 1.73 bits per heavy atom. The number of benzene rings is 2. The van der Waals surface area contributed by atoms with Crippen LogP contribution in [0.25, 0.3) is 16.3 Å². The van der Waals surface area contributed by atoms with Gasteiger partial charge in [-0.1, -0.05) is 49.2 Å². The van der Waals surface area contributed by atoms with Gasteiger partial charge in [0.2, 0.25) is 5.52 Å². The first-order valence-corrected chi connectivity index (χ1v) is 11.2. The van der Waals surface area contributed by atoms with Crippen LogP contribution < -0.4 is 9.47 Å². The Morgan fingerprint density at radius 3 is 2.43 bits per heavy atom. The molecule has 0 fully saturated rings. The Labute approximate surface area is 184 Å². The van der Waals surface area contributed by atoms with Crippen LogP contribution in [-0.4, -0.2) is 14.1 Å². The van der Waals surface area contributed by atoms with Crippen LogP contribution in [0.5, 0.6) is 0 Å². The fourth-order valence-corrected chi connectivity index (χ4v) is 5.16. The number of fused-ring (bicyclic) bond motifs is 1. The molecular formula is C27H29N2S+. The molecule has 1 heterocycles. The van der Waals surface area contributed by atoms with Gasteiger partial charge in [-0.3, -0.25) is 0 Å². The number of hydrogen-bond donors (Lipinski definition) is 0. The SMILES string of the molecule is CN(C)c1ccc(C#CC2=C/C(=C\c3sc4ccccc4[n+]3C)CC(C)(C)C2)cc1. The van der Waals surface area contributed by atoms with Gasteiger partial charge >= 0.3 is 0 Å². The fraction of sp³-hybridized carbons (Fsp3) is 0.296. The average molecular weight is 414 g/mol. The third-order valence-electron chi connectivity index (χ3n) is 5.54. The van der Waals surface area contributed by atoms with E-state index in [0.717, 1.165) is 18.4 Å². The molecule has 30 heavy (non-hydrogen) atoms. The predicted molar refractivity (Wildman–Crippen MR) is 130 cm³/mol. The summed E-state index contributed by atoms with van der Waals surface area (Å²) in [5.41, 5.74) is 6.34. The lowest BCUT2D eigenvalue weighted by molar-refractivity contribution is -0.642. The first kappa shape index (κ1) is 20.4. The van der Waals surface area contributed by atoms with Crippen LogP contribution in [0.3, 0.4) is 0 Å². The summed E-state index contributed by atoms with van der Waals surface area (Å²) in [6.07, 6.45) is 6.74. The fourth-order valence-electron chi connectivity index (χ4n) is 4.03. The van der Waals surface area contributed by atoms with Crippen molar-refractivity contribution in [3.8, 4) is 11.8 Å². The zero-order chi connectivity index (χ0) is 21.3. The van der Waals surface area contributed by atoms with Crippen LogP contribution in [0.15, 0.2) is 65.8 Å². The molecule has 152 valence electrons. The molecule has 0 N–H and O–H groups in total. The lowest BCUT2D eigenvalue weighted by Crippen LogP contribution is -2.29. The van der Waals surface area contributed by atoms with E-state index in [2.05, 4.69) is 117 Å². The quantitative estimate of drug-likeness (QED) is 0.371. The first-order valence-electron chi connectivity index (χ1n) is 10.4. The molecule has 0 radical (unpaired) electrons. The normalized spacial score (nSPS) is 16.8. The van der Waals surface area contributed by atoms with Gasteiger partial charge in [0, 0.05) is 43.1 Å². The lowest BCUT2D eigenvalue weighted by Gasteiger charge is -2.29. The molecule has 0 spiro atoms. The molecule has 3 heteroatoms. The summed E-state index contributed by atoms with van der Waals surface area (Å²) < 4.78 is 3.62. The summed E-state index contributed by atoms with van der Waals surface area (Å²) in [6.45, 7) is 4.68. The molecule has 0 aliphatic heterocycles.